The summed E-state index contributed by atoms with van der Waals surface area (Å²) in [5.41, 5.74) is 1.06. The third-order valence-electron chi connectivity index (χ3n) is 6.18. The molecule has 0 radical (unpaired) electrons. The van der Waals surface area contributed by atoms with E-state index in [1.165, 1.54) is 4.90 Å². The van der Waals surface area contributed by atoms with E-state index < -0.39 is 28.5 Å². The van der Waals surface area contributed by atoms with Crippen molar-refractivity contribution >= 4 is 49.9 Å². The number of sulfonamides is 1. The highest BCUT2D eigenvalue weighted by Gasteiger charge is 2.31. The minimum atomic E-state index is -3.83. The van der Waals surface area contributed by atoms with Crippen molar-refractivity contribution < 1.29 is 18.0 Å². The molecule has 0 aliphatic heterocycles. The van der Waals surface area contributed by atoms with Gasteiger partial charge >= 0.3 is 0 Å². The van der Waals surface area contributed by atoms with Gasteiger partial charge in [0.1, 0.15) is 12.6 Å². The number of hydrogen-bond donors (Lipinski definition) is 1. The number of amides is 2. The van der Waals surface area contributed by atoms with Crippen LogP contribution in [0.25, 0.3) is 10.8 Å². The Hall–Kier alpha value is -3.10. The van der Waals surface area contributed by atoms with E-state index in [2.05, 4.69) is 5.32 Å². The molecule has 0 aliphatic rings. The molecule has 3 rings (SSSR count). The van der Waals surface area contributed by atoms with Gasteiger partial charge < -0.3 is 10.2 Å². The van der Waals surface area contributed by atoms with Crippen LogP contribution in [0.2, 0.25) is 5.02 Å². The van der Waals surface area contributed by atoms with Crippen LogP contribution in [0.1, 0.15) is 32.8 Å². The van der Waals surface area contributed by atoms with Crippen LogP contribution in [0.15, 0.2) is 66.7 Å². The second-order valence-electron chi connectivity index (χ2n) is 8.87. The van der Waals surface area contributed by atoms with E-state index in [9.17, 15) is 18.0 Å². The van der Waals surface area contributed by atoms with Gasteiger partial charge in [-0.3, -0.25) is 13.9 Å². The summed E-state index contributed by atoms with van der Waals surface area (Å²) in [6.45, 7) is 5.07. The minimum absolute atomic E-state index is 0.0563. The van der Waals surface area contributed by atoms with E-state index in [0.717, 1.165) is 22.4 Å². The van der Waals surface area contributed by atoms with Gasteiger partial charge in [-0.15, -0.1) is 0 Å². The average molecular weight is 530 g/mol. The van der Waals surface area contributed by atoms with Gasteiger partial charge in [-0.25, -0.2) is 8.42 Å². The van der Waals surface area contributed by atoms with Gasteiger partial charge in [-0.1, -0.05) is 73.1 Å². The van der Waals surface area contributed by atoms with Crippen LogP contribution in [0.3, 0.4) is 0 Å². The van der Waals surface area contributed by atoms with E-state index in [0.29, 0.717) is 21.7 Å². The second kappa shape index (κ2) is 11.8. The summed E-state index contributed by atoms with van der Waals surface area (Å²) >= 11 is 6.36. The lowest BCUT2D eigenvalue weighted by molar-refractivity contribution is -0.139. The van der Waals surface area contributed by atoms with Gasteiger partial charge in [0.25, 0.3) is 0 Å². The highest BCUT2D eigenvalue weighted by atomic mass is 35.5. The van der Waals surface area contributed by atoms with Crippen LogP contribution >= 0.6 is 11.6 Å². The Balaban J connectivity index is 2.00. The molecule has 0 bridgehead atoms. The summed E-state index contributed by atoms with van der Waals surface area (Å²) < 4.78 is 26.9. The van der Waals surface area contributed by atoms with Crippen LogP contribution in [-0.2, 0) is 26.2 Å². The zero-order valence-corrected chi connectivity index (χ0v) is 22.5. The van der Waals surface area contributed by atoms with E-state index in [1.54, 1.807) is 43.3 Å². The van der Waals surface area contributed by atoms with Gasteiger partial charge in [0.2, 0.25) is 21.8 Å². The number of nitrogens with zero attached hydrogens (tertiary/aromatic N) is 2. The maximum Gasteiger partial charge on any atom is 0.244 e. The topological polar surface area (TPSA) is 86.8 Å². The molecule has 0 heterocycles. The fourth-order valence-corrected chi connectivity index (χ4v) is 4.94. The van der Waals surface area contributed by atoms with Crippen LogP contribution in [0.5, 0.6) is 0 Å². The first-order chi connectivity index (χ1) is 17.0. The number of carbonyl (C=O) groups excluding carboxylic acids is 2. The van der Waals surface area contributed by atoms with Crippen LogP contribution in [0.4, 0.5) is 5.69 Å². The largest absolute Gasteiger partial charge is 0.352 e. The summed E-state index contributed by atoms with van der Waals surface area (Å²) in [5.74, 6) is -0.832. The van der Waals surface area contributed by atoms with E-state index in [4.69, 9.17) is 11.6 Å². The molecule has 36 heavy (non-hydrogen) atoms. The molecule has 9 heteroatoms. The lowest BCUT2D eigenvalue weighted by atomic mass is 10.1. The van der Waals surface area contributed by atoms with E-state index in [1.807, 2.05) is 44.2 Å². The third-order valence-corrected chi connectivity index (χ3v) is 7.68. The normalized spacial score (nSPS) is 13.1. The molecule has 0 unspecified atom stereocenters. The van der Waals surface area contributed by atoms with Crippen LogP contribution < -0.4 is 9.62 Å². The number of nitrogens with one attached hydrogen (secondary N) is 1. The van der Waals surface area contributed by atoms with Gasteiger partial charge in [-0.2, -0.15) is 0 Å². The maximum atomic E-state index is 13.7. The Labute approximate surface area is 218 Å². The molecule has 7 nitrogen and oxygen atoms in total. The highest BCUT2D eigenvalue weighted by Crippen LogP contribution is 2.29. The molecule has 1 N–H and O–H groups in total. The van der Waals surface area contributed by atoms with Gasteiger partial charge in [-0.05, 0) is 43.4 Å². The summed E-state index contributed by atoms with van der Waals surface area (Å²) in [6.07, 6.45) is 1.80. The first-order valence-corrected chi connectivity index (χ1v) is 14.0. The number of fused-ring (bicyclic) bond motifs is 1. The number of rotatable bonds is 10. The maximum absolute atomic E-state index is 13.7. The summed E-state index contributed by atoms with van der Waals surface area (Å²) in [5, 5.41) is 4.92. The first kappa shape index (κ1) is 27.5. The van der Waals surface area contributed by atoms with Crippen molar-refractivity contribution in [2.24, 2.45) is 0 Å². The lowest BCUT2D eigenvalue weighted by Gasteiger charge is -2.32. The highest BCUT2D eigenvalue weighted by molar-refractivity contribution is 7.92. The first-order valence-electron chi connectivity index (χ1n) is 11.8. The predicted molar refractivity (Wildman–Crippen MR) is 145 cm³/mol. The van der Waals surface area contributed by atoms with Crippen molar-refractivity contribution in [3.63, 3.8) is 0 Å². The number of anilines is 1. The molecule has 0 aliphatic carbocycles. The standard InChI is InChI=1S/C27H32ClN3O4S/c1-5-19(2)29-27(33)20(3)30(17-22-12-7-9-15-24(22)28)26(32)18-31(36(4,34)35)25-16-10-13-21-11-6-8-14-23(21)25/h6-16,19-20H,5,17-18H2,1-4H3,(H,29,33)/t19-,20-/m1/s1. The molecule has 192 valence electrons. The number of hydrogen-bond acceptors (Lipinski definition) is 4. The Kier molecular flexibility index (Phi) is 8.98. The molecule has 3 aromatic carbocycles. The molecule has 0 fully saturated rings. The quantitative estimate of drug-likeness (QED) is 0.416. The number of carbonyl (C=O) groups is 2. The Morgan fingerprint density at radius 1 is 0.972 bits per heavy atom. The monoisotopic (exact) mass is 529 g/mol. The van der Waals surface area contributed by atoms with Crippen LogP contribution in [0, 0.1) is 0 Å². The summed E-state index contributed by atoms with van der Waals surface area (Å²) in [4.78, 5) is 28.1. The number of benzene rings is 3. The molecule has 3 aromatic rings. The predicted octanol–water partition coefficient (Wildman–Crippen LogP) is 4.59. The summed E-state index contributed by atoms with van der Waals surface area (Å²) in [6, 6.07) is 18.8. The van der Waals surface area contributed by atoms with Crippen molar-refractivity contribution in [1.29, 1.82) is 0 Å². The molecule has 0 spiro atoms. The fourth-order valence-electron chi connectivity index (χ4n) is 3.88. The molecule has 0 saturated carbocycles. The average Bonchev–Trinajstić information content (AvgIpc) is 2.85. The van der Waals surface area contributed by atoms with Crippen molar-refractivity contribution in [3.05, 3.63) is 77.3 Å². The minimum Gasteiger partial charge on any atom is -0.352 e. The van der Waals surface area contributed by atoms with Gasteiger partial charge in [0.15, 0.2) is 0 Å². The number of halogens is 1. The second-order valence-corrected chi connectivity index (χ2v) is 11.2. The smallest absolute Gasteiger partial charge is 0.244 e. The molecular formula is C27H32ClN3O4S. The van der Waals surface area contributed by atoms with Gasteiger partial charge in [0, 0.05) is 23.0 Å². The van der Waals surface area contributed by atoms with Crippen molar-refractivity contribution in [1.82, 2.24) is 10.2 Å². The van der Waals surface area contributed by atoms with Crippen molar-refractivity contribution in [2.45, 2.75) is 45.8 Å². The van der Waals surface area contributed by atoms with Gasteiger partial charge in [0.05, 0.1) is 11.9 Å². The molecule has 2 atom stereocenters. The third kappa shape index (κ3) is 6.56. The Morgan fingerprint density at radius 3 is 2.28 bits per heavy atom. The summed E-state index contributed by atoms with van der Waals surface area (Å²) in [7, 11) is -3.83. The molecular weight excluding hydrogens is 498 g/mol. The van der Waals surface area contributed by atoms with Crippen molar-refractivity contribution in [3.8, 4) is 0 Å². The molecule has 0 saturated heterocycles. The van der Waals surface area contributed by atoms with E-state index >= 15 is 0 Å². The van der Waals surface area contributed by atoms with Crippen molar-refractivity contribution in [2.75, 3.05) is 17.1 Å². The SMILES string of the molecule is CC[C@@H](C)NC(=O)[C@@H](C)N(Cc1ccccc1Cl)C(=O)CN(c1cccc2ccccc12)S(C)(=O)=O. The molecule has 2 amide bonds. The fraction of sp³-hybridized carbons (Fsp3) is 0.333. The lowest BCUT2D eigenvalue weighted by Crippen LogP contribution is -2.52. The zero-order valence-electron chi connectivity index (χ0n) is 20.9. The van der Waals surface area contributed by atoms with E-state index in [-0.39, 0.29) is 18.5 Å². The Morgan fingerprint density at radius 2 is 1.61 bits per heavy atom. The molecule has 0 aromatic heterocycles. The Bertz CT molecular complexity index is 1340. The van der Waals surface area contributed by atoms with Crippen LogP contribution in [-0.4, -0.2) is 50.0 Å². The zero-order chi connectivity index (χ0) is 26.5.